The highest BCUT2D eigenvalue weighted by atomic mass is 19.4. The van der Waals surface area contributed by atoms with E-state index in [9.17, 15) is 18.0 Å². The van der Waals surface area contributed by atoms with Gasteiger partial charge in [-0.1, -0.05) is 0 Å². The zero-order valence-electron chi connectivity index (χ0n) is 15.9. The predicted octanol–water partition coefficient (Wildman–Crippen LogP) is 2.16. The Morgan fingerprint density at radius 1 is 1.30 bits per heavy atom. The third-order valence-electron chi connectivity index (χ3n) is 5.30. The lowest BCUT2D eigenvalue weighted by atomic mass is 9.89. The summed E-state index contributed by atoms with van der Waals surface area (Å²) in [6, 6.07) is 2.14. The fraction of sp³-hybridized carbons (Fsp3) is 0.389. The molecule has 12 heteroatoms. The van der Waals surface area contributed by atoms with Gasteiger partial charge in [0.25, 0.3) is 5.91 Å². The number of aromatic nitrogens is 5. The van der Waals surface area contributed by atoms with Crippen LogP contribution in [-0.4, -0.2) is 55.1 Å². The minimum absolute atomic E-state index is 0.0780. The molecular weight excluding hydrogens is 401 g/mol. The number of rotatable bonds is 3. The van der Waals surface area contributed by atoms with Crippen molar-refractivity contribution in [3.05, 3.63) is 35.9 Å². The molecule has 0 aromatic carbocycles. The van der Waals surface area contributed by atoms with Gasteiger partial charge in [0.2, 0.25) is 0 Å². The summed E-state index contributed by atoms with van der Waals surface area (Å²) in [5.74, 6) is -0.0474. The van der Waals surface area contributed by atoms with Crippen LogP contribution >= 0.6 is 0 Å². The highest BCUT2D eigenvalue weighted by Gasteiger charge is 2.38. The topological polar surface area (TPSA) is 92.7 Å². The van der Waals surface area contributed by atoms with Crippen molar-refractivity contribution in [1.29, 1.82) is 0 Å². The number of halogens is 3. The molecule has 0 atom stereocenters. The number of alkyl halides is 3. The van der Waals surface area contributed by atoms with Gasteiger partial charge in [-0.15, -0.1) is 0 Å². The largest absolute Gasteiger partial charge is 0.437 e. The zero-order valence-corrected chi connectivity index (χ0v) is 15.9. The number of anilines is 2. The van der Waals surface area contributed by atoms with Crippen LogP contribution in [0.1, 0.15) is 28.9 Å². The van der Waals surface area contributed by atoms with E-state index in [1.165, 1.54) is 23.5 Å². The van der Waals surface area contributed by atoms with Gasteiger partial charge in [0.15, 0.2) is 11.3 Å². The van der Waals surface area contributed by atoms with E-state index < -0.39 is 23.5 Å². The standard InChI is InChI=1S/C18H17F3N8O/c1-27-9-13(15(26-27)18(19,20)21)24-17(30)12-8-23-29-4-2-14(25-16(12)29)28-5-3-22-10-6-11(28)7-10/h2,4,8-9,11H,3,5-7H2,1H3,(H,24,30). The number of nitrogens with zero attached hydrogens (tertiary/aromatic N) is 7. The average molecular weight is 418 g/mol. The molecule has 2 aliphatic heterocycles. The molecule has 1 saturated carbocycles. The Morgan fingerprint density at radius 2 is 2.10 bits per heavy atom. The summed E-state index contributed by atoms with van der Waals surface area (Å²) in [5.41, 5.74) is -0.0164. The maximum Gasteiger partial charge on any atom is 0.437 e. The molecule has 1 aliphatic carbocycles. The summed E-state index contributed by atoms with van der Waals surface area (Å²) in [5, 5.41) is 9.79. The lowest BCUT2D eigenvalue weighted by molar-refractivity contribution is -0.140. The highest BCUT2D eigenvalue weighted by Crippen LogP contribution is 2.34. The molecule has 30 heavy (non-hydrogen) atoms. The molecular formula is C18H17F3N8O. The van der Waals surface area contributed by atoms with Crippen molar-refractivity contribution in [2.24, 2.45) is 12.0 Å². The molecule has 2 bridgehead atoms. The second-order valence-corrected chi connectivity index (χ2v) is 7.33. The zero-order chi connectivity index (χ0) is 21.0. The van der Waals surface area contributed by atoms with Crippen LogP contribution in [0.3, 0.4) is 0 Å². The van der Waals surface area contributed by atoms with Gasteiger partial charge in [-0.2, -0.15) is 23.4 Å². The van der Waals surface area contributed by atoms with E-state index in [1.54, 1.807) is 6.20 Å². The number of aryl methyl sites for hydroxylation is 1. The fourth-order valence-corrected chi connectivity index (χ4v) is 3.79. The van der Waals surface area contributed by atoms with Gasteiger partial charge < -0.3 is 10.2 Å². The van der Waals surface area contributed by atoms with E-state index in [4.69, 9.17) is 0 Å². The lowest BCUT2D eigenvalue weighted by Gasteiger charge is -2.36. The first-order valence-corrected chi connectivity index (χ1v) is 9.35. The van der Waals surface area contributed by atoms with Crippen LogP contribution in [0, 0.1) is 0 Å². The molecule has 1 N–H and O–H groups in total. The molecule has 1 amide bonds. The molecule has 3 aliphatic rings. The van der Waals surface area contributed by atoms with E-state index >= 15 is 0 Å². The van der Waals surface area contributed by atoms with Crippen molar-refractivity contribution in [1.82, 2.24) is 24.4 Å². The number of aliphatic imine (C=N–C) groups is 1. The van der Waals surface area contributed by atoms with Crippen molar-refractivity contribution >= 4 is 28.8 Å². The summed E-state index contributed by atoms with van der Waals surface area (Å²) in [6.07, 6.45) is 1.20. The summed E-state index contributed by atoms with van der Waals surface area (Å²) in [6.45, 7) is 1.41. The van der Waals surface area contributed by atoms with Gasteiger partial charge in [0.05, 0.1) is 18.4 Å². The Kier molecular flexibility index (Phi) is 4.05. The van der Waals surface area contributed by atoms with Gasteiger partial charge in [-0.05, 0) is 6.07 Å². The van der Waals surface area contributed by atoms with Crippen molar-refractivity contribution in [3.8, 4) is 0 Å². The number of amides is 1. The van der Waals surface area contributed by atoms with Crippen molar-refractivity contribution in [3.63, 3.8) is 0 Å². The Morgan fingerprint density at radius 3 is 2.87 bits per heavy atom. The number of carbonyl (C=O) groups is 1. The SMILES string of the molecule is Cn1cc(NC(=O)c2cnn3ccc(N4CCN=C5CC4C5)nc23)c(C(F)(F)F)n1. The summed E-state index contributed by atoms with van der Waals surface area (Å²) >= 11 is 0. The monoisotopic (exact) mass is 418 g/mol. The normalized spacial score (nSPS) is 16.9. The van der Waals surface area contributed by atoms with Crippen LogP contribution in [-0.2, 0) is 13.2 Å². The first-order valence-electron chi connectivity index (χ1n) is 9.35. The van der Waals surface area contributed by atoms with E-state index in [0.717, 1.165) is 30.3 Å². The second-order valence-electron chi connectivity index (χ2n) is 7.33. The smallest absolute Gasteiger partial charge is 0.351 e. The van der Waals surface area contributed by atoms with Gasteiger partial charge in [-0.3, -0.25) is 14.5 Å². The molecule has 0 unspecified atom stereocenters. The number of nitrogens with one attached hydrogen (secondary N) is 1. The average Bonchev–Trinajstić information content (AvgIpc) is 3.09. The molecule has 3 aromatic heterocycles. The Balaban J connectivity index is 1.46. The third-order valence-corrected chi connectivity index (χ3v) is 5.30. The molecule has 0 spiro atoms. The van der Waals surface area contributed by atoms with E-state index in [1.807, 2.05) is 6.07 Å². The van der Waals surface area contributed by atoms with Crippen LogP contribution in [0.15, 0.2) is 29.6 Å². The summed E-state index contributed by atoms with van der Waals surface area (Å²) < 4.78 is 41.9. The summed E-state index contributed by atoms with van der Waals surface area (Å²) in [4.78, 5) is 24.0. The Hall–Kier alpha value is -3.44. The van der Waals surface area contributed by atoms with E-state index in [2.05, 4.69) is 30.4 Å². The first-order chi connectivity index (χ1) is 14.3. The van der Waals surface area contributed by atoms with Gasteiger partial charge in [-0.25, -0.2) is 9.50 Å². The van der Waals surface area contributed by atoms with Gasteiger partial charge >= 0.3 is 6.18 Å². The second kappa shape index (κ2) is 6.54. The number of carbonyl (C=O) groups excluding carboxylic acids is 1. The van der Waals surface area contributed by atoms with Crippen LogP contribution in [0.25, 0.3) is 5.65 Å². The Bertz CT molecular complexity index is 1170. The molecule has 9 nitrogen and oxygen atoms in total. The molecule has 3 aromatic rings. The van der Waals surface area contributed by atoms with Crippen LogP contribution in [0.5, 0.6) is 0 Å². The molecule has 156 valence electrons. The number of hydrogen-bond donors (Lipinski definition) is 1. The van der Waals surface area contributed by atoms with E-state index in [0.29, 0.717) is 18.4 Å². The van der Waals surface area contributed by atoms with Gasteiger partial charge in [0, 0.05) is 50.6 Å². The minimum atomic E-state index is -4.69. The third kappa shape index (κ3) is 3.08. The number of hydrogen-bond acceptors (Lipinski definition) is 6. The first kappa shape index (κ1) is 18.6. The van der Waals surface area contributed by atoms with E-state index in [-0.39, 0.29) is 11.2 Å². The van der Waals surface area contributed by atoms with Crippen molar-refractivity contribution in [2.45, 2.75) is 25.1 Å². The number of fused-ring (bicyclic) bond motifs is 4. The fourth-order valence-electron chi connectivity index (χ4n) is 3.79. The Labute approximate surface area is 168 Å². The van der Waals surface area contributed by atoms with Crippen LogP contribution in [0.2, 0.25) is 0 Å². The predicted molar refractivity (Wildman–Crippen MR) is 102 cm³/mol. The molecule has 6 rings (SSSR count). The van der Waals surface area contributed by atoms with Crippen molar-refractivity contribution < 1.29 is 18.0 Å². The molecule has 0 radical (unpaired) electrons. The minimum Gasteiger partial charge on any atom is -0.351 e. The maximum absolute atomic E-state index is 13.2. The quantitative estimate of drug-likeness (QED) is 0.704. The van der Waals surface area contributed by atoms with Crippen molar-refractivity contribution in [2.75, 3.05) is 23.3 Å². The summed E-state index contributed by atoms with van der Waals surface area (Å²) in [7, 11) is 1.35. The lowest BCUT2D eigenvalue weighted by Crippen LogP contribution is -2.44. The van der Waals surface area contributed by atoms with Crippen LogP contribution < -0.4 is 10.2 Å². The maximum atomic E-state index is 13.2. The van der Waals surface area contributed by atoms with Crippen LogP contribution in [0.4, 0.5) is 24.7 Å². The van der Waals surface area contributed by atoms with Gasteiger partial charge in [0.1, 0.15) is 11.4 Å². The molecule has 1 fully saturated rings. The highest BCUT2D eigenvalue weighted by molar-refractivity contribution is 6.08. The molecule has 0 saturated heterocycles. The molecule has 5 heterocycles.